The molecule has 1 unspecified atom stereocenters. The smallest absolute Gasteiger partial charge is 0.142 e. The second-order valence-electron chi connectivity index (χ2n) is 3.93. The van der Waals surface area contributed by atoms with Gasteiger partial charge in [0.1, 0.15) is 6.29 Å². The standard InChI is InChI=1S/C11H20O2/c1-4-5-7-11(3,13)9-10(2)6-8-12/h6,8,13H,4-5,7,9H2,1-3H3/b10-6+. The fraction of sp³-hybridized carbons (Fsp3) is 0.727. The summed E-state index contributed by atoms with van der Waals surface area (Å²) >= 11 is 0. The minimum Gasteiger partial charge on any atom is -0.390 e. The summed E-state index contributed by atoms with van der Waals surface area (Å²) in [6.07, 6.45) is 5.79. The monoisotopic (exact) mass is 184 g/mol. The van der Waals surface area contributed by atoms with E-state index in [0.29, 0.717) is 6.42 Å². The number of hydrogen-bond donors (Lipinski definition) is 1. The third-order valence-corrected chi connectivity index (χ3v) is 2.08. The fourth-order valence-corrected chi connectivity index (χ4v) is 1.42. The number of hydrogen-bond acceptors (Lipinski definition) is 2. The zero-order chi connectivity index (χ0) is 10.3. The lowest BCUT2D eigenvalue weighted by molar-refractivity contribution is -0.104. The molecule has 0 heterocycles. The molecule has 13 heavy (non-hydrogen) atoms. The Labute approximate surface area is 80.7 Å². The minimum absolute atomic E-state index is 0.589. The molecule has 0 fully saturated rings. The van der Waals surface area contributed by atoms with Crippen LogP contribution in [0.15, 0.2) is 11.6 Å². The highest BCUT2D eigenvalue weighted by molar-refractivity contribution is 5.65. The molecule has 1 N–H and O–H groups in total. The zero-order valence-electron chi connectivity index (χ0n) is 8.84. The third-order valence-electron chi connectivity index (χ3n) is 2.08. The third kappa shape index (κ3) is 6.52. The molecule has 0 amide bonds. The van der Waals surface area contributed by atoms with Crippen molar-refractivity contribution in [3.05, 3.63) is 11.6 Å². The van der Waals surface area contributed by atoms with Crippen molar-refractivity contribution in [2.75, 3.05) is 0 Å². The number of unbranched alkanes of at least 4 members (excludes halogenated alkanes) is 1. The molecule has 0 radical (unpaired) electrons. The first-order valence-corrected chi connectivity index (χ1v) is 4.85. The van der Waals surface area contributed by atoms with Gasteiger partial charge in [-0.3, -0.25) is 4.79 Å². The van der Waals surface area contributed by atoms with E-state index in [2.05, 4.69) is 6.92 Å². The number of carbonyl (C=O) groups is 1. The van der Waals surface area contributed by atoms with Crippen molar-refractivity contribution in [3.63, 3.8) is 0 Å². The molecule has 0 aromatic heterocycles. The number of aldehydes is 1. The highest BCUT2D eigenvalue weighted by Gasteiger charge is 2.19. The SMILES string of the molecule is CCCCC(C)(O)C/C(C)=C/C=O. The van der Waals surface area contributed by atoms with E-state index in [0.717, 1.165) is 31.1 Å². The van der Waals surface area contributed by atoms with Crippen molar-refractivity contribution in [2.24, 2.45) is 0 Å². The van der Waals surface area contributed by atoms with E-state index in [4.69, 9.17) is 0 Å². The second kappa shape index (κ2) is 5.92. The largest absolute Gasteiger partial charge is 0.390 e. The van der Waals surface area contributed by atoms with Gasteiger partial charge in [-0.1, -0.05) is 25.3 Å². The molecule has 76 valence electrons. The van der Waals surface area contributed by atoms with Gasteiger partial charge in [-0.2, -0.15) is 0 Å². The maximum Gasteiger partial charge on any atom is 0.142 e. The van der Waals surface area contributed by atoms with E-state index in [1.807, 2.05) is 13.8 Å². The minimum atomic E-state index is -0.653. The maximum atomic E-state index is 10.2. The molecule has 0 aromatic rings. The van der Waals surface area contributed by atoms with Crippen LogP contribution in [0.25, 0.3) is 0 Å². The molecule has 0 bridgehead atoms. The molecule has 0 saturated carbocycles. The molecule has 0 spiro atoms. The summed E-state index contributed by atoms with van der Waals surface area (Å²) in [4.78, 5) is 10.2. The van der Waals surface area contributed by atoms with Crippen LogP contribution in [0, 0.1) is 0 Å². The van der Waals surface area contributed by atoms with Gasteiger partial charge in [0.2, 0.25) is 0 Å². The molecule has 0 aliphatic carbocycles. The number of rotatable bonds is 6. The van der Waals surface area contributed by atoms with Gasteiger partial charge in [0.25, 0.3) is 0 Å². The Morgan fingerprint density at radius 1 is 1.54 bits per heavy atom. The van der Waals surface area contributed by atoms with Crippen molar-refractivity contribution < 1.29 is 9.90 Å². The van der Waals surface area contributed by atoms with Crippen molar-refractivity contribution in [3.8, 4) is 0 Å². The van der Waals surface area contributed by atoms with Gasteiger partial charge in [0.15, 0.2) is 0 Å². The van der Waals surface area contributed by atoms with Gasteiger partial charge in [0, 0.05) is 0 Å². The predicted octanol–water partition coefficient (Wildman–Crippen LogP) is 2.46. The molecule has 0 rings (SSSR count). The lowest BCUT2D eigenvalue weighted by Gasteiger charge is -2.23. The molecular formula is C11H20O2. The summed E-state index contributed by atoms with van der Waals surface area (Å²) in [5.74, 6) is 0. The molecule has 0 aliphatic heterocycles. The van der Waals surface area contributed by atoms with Crippen molar-refractivity contribution in [1.82, 2.24) is 0 Å². The van der Waals surface area contributed by atoms with Crippen LogP contribution in [0.1, 0.15) is 46.5 Å². The summed E-state index contributed by atoms with van der Waals surface area (Å²) < 4.78 is 0. The molecule has 0 aliphatic rings. The van der Waals surface area contributed by atoms with Crippen molar-refractivity contribution >= 4 is 6.29 Å². The lowest BCUT2D eigenvalue weighted by Crippen LogP contribution is -2.24. The Balaban J connectivity index is 3.99. The Bertz CT molecular complexity index is 181. The summed E-state index contributed by atoms with van der Waals surface area (Å²) in [5, 5.41) is 9.89. The van der Waals surface area contributed by atoms with Crippen molar-refractivity contribution in [1.29, 1.82) is 0 Å². The first-order valence-electron chi connectivity index (χ1n) is 4.85. The van der Waals surface area contributed by atoms with E-state index in [-0.39, 0.29) is 0 Å². The average Bonchev–Trinajstić information content (AvgIpc) is 2.00. The van der Waals surface area contributed by atoms with E-state index in [9.17, 15) is 9.90 Å². The van der Waals surface area contributed by atoms with Gasteiger partial charge in [-0.15, -0.1) is 0 Å². The van der Waals surface area contributed by atoms with Crippen LogP contribution in [-0.2, 0) is 4.79 Å². The second-order valence-corrected chi connectivity index (χ2v) is 3.93. The average molecular weight is 184 g/mol. The quantitative estimate of drug-likeness (QED) is 0.508. The summed E-state index contributed by atoms with van der Waals surface area (Å²) in [5.41, 5.74) is 0.288. The predicted molar refractivity (Wildman–Crippen MR) is 54.6 cm³/mol. The molecule has 2 nitrogen and oxygen atoms in total. The molecule has 1 atom stereocenters. The van der Waals surface area contributed by atoms with Crippen molar-refractivity contribution in [2.45, 2.75) is 52.1 Å². The fourth-order valence-electron chi connectivity index (χ4n) is 1.42. The number of allylic oxidation sites excluding steroid dienone is 1. The van der Waals surface area contributed by atoms with Crippen LogP contribution >= 0.6 is 0 Å². The van der Waals surface area contributed by atoms with Crippen LogP contribution in [0.3, 0.4) is 0 Å². The molecule has 2 heteroatoms. The Hall–Kier alpha value is -0.630. The molecule has 0 aromatic carbocycles. The summed E-state index contributed by atoms with van der Waals surface area (Å²) in [6.45, 7) is 5.80. The van der Waals surface area contributed by atoms with E-state index >= 15 is 0 Å². The van der Waals surface area contributed by atoms with Gasteiger partial charge >= 0.3 is 0 Å². The highest BCUT2D eigenvalue weighted by Crippen LogP contribution is 2.21. The van der Waals surface area contributed by atoms with Crippen LogP contribution < -0.4 is 0 Å². The first-order chi connectivity index (χ1) is 6.02. The van der Waals surface area contributed by atoms with E-state index in [1.54, 1.807) is 0 Å². The van der Waals surface area contributed by atoms with Crippen LogP contribution in [-0.4, -0.2) is 17.0 Å². The Kier molecular flexibility index (Phi) is 5.63. The number of carbonyl (C=O) groups excluding carboxylic acids is 1. The summed E-state index contributed by atoms with van der Waals surface area (Å²) in [7, 11) is 0. The zero-order valence-corrected chi connectivity index (χ0v) is 8.84. The highest BCUT2D eigenvalue weighted by atomic mass is 16.3. The van der Waals surface area contributed by atoms with Gasteiger partial charge in [-0.25, -0.2) is 0 Å². The molecular weight excluding hydrogens is 164 g/mol. The Morgan fingerprint density at radius 2 is 2.15 bits per heavy atom. The van der Waals surface area contributed by atoms with Crippen LogP contribution in [0.2, 0.25) is 0 Å². The topological polar surface area (TPSA) is 37.3 Å². The number of aliphatic hydroxyl groups is 1. The maximum absolute atomic E-state index is 10.2. The van der Waals surface area contributed by atoms with Gasteiger partial charge in [-0.05, 0) is 32.8 Å². The van der Waals surface area contributed by atoms with Crippen LogP contribution in [0.5, 0.6) is 0 Å². The summed E-state index contributed by atoms with van der Waals surface area (Å²) in [6, 6.07) is 0. The van der Waals surface area contributed by atoms with Gasteiger partial charge < -0.3 is 5.11 Å². The molecule has 0 saturated heterocycles. The normalized spacial score (nSPS) is 16.8. The van der Waals surface area contributed by atoms with Crippen LogP contribution in [0.4, 0.5) is 0 Å². The van der Waals surface area contributed by atoms with E-state index < -0.39 is 5.60 Å². The van der Waals surface area contributed by atoms with E-state index in [1.165, 1.54) is 6.08 Å². The lowest BCUT2D eigenvalue weighted by atomic mass is 9.92. The van der Waals surface area contributed by atoms with Gasteiger partial charge in [0.05, 0.1) is 5.60 Å². The first kappa shape index (κ1) is 12.4. The Morgan fingerprint density at radius 3 is 2.62 bits per heavy atom.